The number of fused-ring (bicyclic) bond motifs is 2. The predicted molar refractivity (Wildman–Crippen MR) is 113 cm³/mol. The Morgan fingerprint density at radius 3 is 2.45 bits per heavy atom. The third-order valence-corrected chi connectivity index (χ3v) is 6.55. The number of hydrogen-bond acceptors (Lipinski definition) is 3. The van der Waals surface area contributed by atoms with Gasteiger partial charge in [-0.05, 0) is 42.8 Å². The van der Waals surface area contributed by atoms with Crippen LogP contribution >= 0.6 is 0 Å². The van der Waals surface area contributed by atoms with Crippen LogP contribution in [0.4, 0.5) is 5.69 Å². The molecule has 1 aliphatic heterocycles. The maximum Gasteiger partial charge on any atom is 0.263 e. The summed E-state index contributed by atoms with van der Waals surface area (Å²) in [6, 6.07) is 21.4. The van der Waals surface area contributed by atoms with Gasteiger partial charge in [0.25, 0.3) is 11.8 Å². The fraction of sp³-hybridized carbons (Fsp3) is 0.130. The summed E-state index contributed by atoms with van der Waals surface area (Å²) in [6.07, 6.45) is 0. The fourth-order valence-electron chi connectivity index (χ4n) is 3.40. The molecule has 2 atom stereocenters. The van der Waals surface area contributed by atoms with Crippen LogP contribution in [0.15, 0.2) is 82.6 Å². The van der Waals surface area contributed by atoms with E-state index >= 15 is 0 Å². The number of carbonyl (C=O) groups excluding carboxylic acids is 2. The third-order valence-electron chi connectivity index (χ3n) is 5.05. The quantitative estimate of drug-likeness (QED) is 0.672. The summed E-state index contributed by atoms with van der Waals surface area (Å²) in [6.45, 7) is 1.91. The Hall–Kier alpha value is -3.09. The average molecular weight is 404 g/mol. The van der Waals surface area contributed by atoms with Gasteiger partial charge in [0.2, 0.25) is 0 Å². The van der Waals surface area contributed by atoms with Crippen molar-refractivity contribution in [2.75, 3.05) is 11.9 Å². The van der Waals surface area contributed by atoms with E-state index in [2.05, 4.69) is 5.32 Å². The van der Waals surface area contributed by atoms with Crippen LogP contribution in [0.1, 0.15) is 39.2 Å². The Morgan fingerprint density at radius 2 is 1.69 bits per heavy atom. The first-order valence-electron chi connectivity index (χ1n) is 9.26. The van der Waals surface area contributed by atoms with Gasteiger partial charge in [-0.3, -0.25) is 9.59 Å². The number of nitrogens with one attached hydrogen (secondary N) is 1. The molecule has 0 saturated heterocycles. The number of rotatable bonds is 3. The zero-order chi connectivity index (χ0) is 20.5. The molecule has 3 aromatic rings. The first-order valence-corrected chi connectivity index (χ1v) is 10.4. The molecule has 0 spiro atoms. The van der Waals surface area contributed by atoms with E-state index in [1.165, 1.54) is 4.90 Å². The molecule has 146 valence electrons. The van der Waals surface area contributed by atoms with Crippen LogP contribution in [0, 0.1) is 0 Å². The maximum atomic E-state index is 13.1. The number of hydrogen-bond donors (Lipinski definition) is 1. The molecule has 1 aliphatic rings. The van der Waals surface area contributed by atoms with Crippen LogP contribution in [-0.4, -0.2) is 23.4 Å². The minimum Gasteiger partial charge on any atom is -0.606 e. The number of nitrogens with zero attached hydrogens (tertiary/aromatic N) is 1. The van der Waals surface area contributed by atoms with Gasteiger partial charge in [-0.1, -0.05) is 42.5 Å². The van der Waals surface area contributed by atoms with Crippen LogP contribution in [0.25, 0.3) is 0 Å². The summed E-state index contributed by atoms with van der Waals surface area (Å²) >= 11 is -1.50. The lowest BCUT2D eigenvalue weighted by Gasteiger charge is -2.18. The highest BCUT2D eigenvalue weighted by molar-refractivity contribution is 7.91. The standard InChI is InChI=1S/C23H20N2O3S/c1-15(16-8-4-3-5-9-16)24-22(26)17-12-13-21-19(14-17)25(2)23(27)18-10-6-7-11-20(18)29(21)28/h3-15H,1-2H3,(H,24,26)/t15-,29?/m1/s1. The molecule has 2 amide bonds. The summed E-state index contributed by atoms with van der Waals surface area (Å²) < 4.78 is 13.1. The molecule has 5 nitrogen and oxygen atoms in total. The predicted octanol–water partition coefficient (Wildman–Crippen LogP) is 3.93. The topological polar surface area (TPSA) is 72.5 Å². The summed E-state index contributed by atoms with van der Waals surface area (Å²) in [7, 11) is 1.63. The van der Waals surface area contributed by atoms with E-state index in [0.29, 0.717) is 26.6 Å². The van der Waals surface area contributed by atoms with Crippen LogP contribution in [0.3, 0.4) is 0 Å². The molecule has 29 heavy (non-hydrogen) atoms. The molecule has 1 heterocycles. The van der Waals surface area contributed by atoms with E-state index in [1.807, 2.05) is 37.3 Å². The van der Waals surface area contributed by atoms with E-state index in [4.69, 9.17) is 0 Å². The molecule has 0 aliphatic carbocycles. The summed E-state index contributed by atoms with van der Waals surface area (Å²) in [5.74, 6) is -0.500. The van der Waals surface area contributed by atoms with E-state index in [-0.39, 0.29) is 17.9 Å². The van der Waals surface area contributed by atoms with E-state index < -0.39 is 11.2 Å². The molecular formula is C23H20N2O3S. The lowest BCUT2D eigenvalue weighted by atomic mass is 10.1. The van der Waals surface area contributed by atoms with E-state index in [1.54, 1.807) is 49.5 Å². The molecule has 0 aromatic heterocycles. The Morgan fingerprint density at radius 1 is 1.00 bits per heavy atom. The third kappa shape index (κ3) is 3.52. The van der Waals surface area contributed by atoms with Gasteiger partial charge in [0.15, 0.2) is 9.79 Å². The SMILES string of the molecule is C[C@@H](NC(=O)c1ccc2c(c1)N(C)C(=O)c1ccccc1[S+]2[O-])c1ccccc1. The number of anilines is 1. The van der Waals surface area contributed by atoms with Gasteiger partial charge in [0, 0.05) is 23.8 Å². The molecule has 0 bridgehead atoms. The van der Waals surface area contributed by atoms with Crippen LogP contribution in [-0.2, 0) is 11.2 Å². The number of amides is 2. The van der Waals surface area contributed by atoms with Gasteiger partial charge in [0.1, 0.15) is 5.69 Å². The van der Waals surface area contributed by atoms with E-state index in [0.717, 1.165) is 5.56 Å². The van der Waals surface area contributed by atoms with Crippen LogP contribution in [0.2, 0.25) is 0 Å². The fourth-order valence-corrected chi connectivity index (χ4v) is 4.77. The maximum absolute atomic E-state index is 13.1. The molecule has 0 saturated carbocycles. The van der Waals surface area contributed by atoms with Gasteiger partial charge in [-0.15, -0.1) is 0 Å². The van der Waals surface area contributed by atoms with E-state index in [9.17, 15) is 14.1 Å². The van der Waals surface area contributed by atoms with Gasteiger partial charge in [-0.2, -0.15) is 0 Å². The zero-order valence-electron chi connectivity index (χ0n) is 16.1. The second-order valence-electron chi connectivity index (χ2n) is 6.92. The summed E-state index contributed by atoms with van der Waals surface area (Å²) in [4.78, 5) is 28.1. The molecule has 3 aromatic carbocycles. The van der Waals surface area contributed by atoms with Crippen molar-refractivity contribution in [1.29, 1.82) is 0 Å². The zero-order valence-corrected chi connectivity index (χ0v) is 16.9. The van der Waals surface area contributed by atoms with Crippen LogP contribution in [0.5, 0.6) is 0 Å². The van der Waals surface area contributed by atoms with Crippen molar-refractivity contribution < 1.29 is 14.1 Å². The molecule has 1 unspecified atom stereocenters. The van der Waals surface area contributed by atoms with Gasteiger partial charge in [-0.25, -0.2) is 0 Å². The lowest BCUT2D eigenvalue weighted by Crippen LogP contribution is -2.28. The Kier molecular flexibility index (Phi) is 5.13. The van der Waals surface area contributed by atoms with Crippen molar-refractivity contribution >= 4 is 28.7 Å². The first-order chi connectivity index (χ1) is 14.0. The normalized spacial score (nSPS) is 16.4. The first kappa shape index (κ1) is 19.2. The summed E-state index contributed by atoms with van der Waals surface area (Å²) in [5, 5.41) is 2.97. The minimum absolute atomic E-state index is 0.166. The van der Waals surface area contributed by atoms with Crippen molar-refractivity contribution in [3.05, 3.63) is 89.5 Å². The second-order valence-corrected chi connectivity index (χ2v) is 8.33. The highest BCUT2D eigenvalue weighted by Crippen LogP contribution is 2.36. The Balaban J connectivity index is 1.67. The van der Waals surface area contributed by atoms with Gasteiger partial charge in [0.05, 0.1) is 11.6 Å². The molecule has 1 N–H and O–H groups in total. The smallest absolute Gasteiger partial charge is 0.263 e. The van der Waals surface area contributed by atoms with Gasteiger partial charge < -0.3 is 14.8 Å². The second kappa shape index (κ2) is 7.73. The van der Waals surface area contributed by atoms with Crippen molar-refractivity contribution in [2.24, 2.45) is 0 Å². The van der Waals surface area contributed by atoms with Crippen molar-refractivity contribution in [3.8, 4) is 0 Å². The van der Waals surface area contributed by atoms with Gasteiger partial charge >= 0.3 is 0 Å². The number of benzene rings is 3. The van der Waals surface area contributed by atoms with Crippen molar-refractivity contribution in [1.82, 2.24) is 5.32 Å². The highest BCUT2D eigenvalue weighted by atomic mass is 32.2. The highest BCUT2D eigenvalue weighted by Gasteiger charge is 2.34. The Labute approximate surface area is 172 Å². The molecule has 0 fully saturated rings. The van der Waals surface area contributed by atoms with Crippen molar-refractivity contribution in [3.63, 3.8) is 0 Å². The summed E-state index contributed by atoms with van der Waals surface area (Å²) in [5.41, 5.74) is 2.30. The number of carbonyl (C=O) groups is 2. The lowest BCUT2D eigenvalue weighted by molar-refractivity contribution is 0.0937. The molecule has 4 rings (SSSR count). The molecular weight excluding hydrogens is 384 g/mol. The minimum atomic E-state index is -1.50. The molecule has 6 heteroatoms. The largest absolute Gasteiger partial charge is 0.606 e. The van der Waals surface area contributed by atoms with Crippen LogP contribution < -0.4 is 10.2 Å². The Bertz CT molecular complexity index is 1080. The van der Waals surface area contributed by atoms with Crippen molar-refractivity contribution in [2.45, 2.75) is 22.8 Å². The molecule has 0 radical (unpaired) electrons. The monoisotopic (exact) mass is 404 g/mol. The average Bonchev–Trinajstić information content (AvgIpc) is 2.84.